The molecule has 6 rings (SSSR count). The molecular formula is C31H32ClN5O4S. The van der Waals surface area contributed by atoms with Crippen LogP contribution < -0.4 is 15.2 Å². The van der Waals surface area contributed by atoms with E-state index in [9.17, 15) is 13.2 Å². The van der Waals surface area contributed by atoms with Crippen molar-refractivity contribution in [1.29, 1.82) is 0 Å². The Bertz CT molecular complexity index is 1750. The molecule has 1 saturated heterocycles. The molecule has 2 aromatic carbocycles. The molecule has 2 aliphatic rings. The number of nitrogens with zero attached hydrogens (tertiary/aromatic N) is 5. The average molecular weight is 606 g/mol. The summed E-state index contributed by atoms with van der Waals surface area (Å²) in [6.45, 7) is 3.96. The summed E-state index contributed by atoms with van der Waals surface area (Å²) in [7, 11) is -3.57. The van der Waals surface area contributed by atoms with Crippen LogP contribution in [-0.2, 0) is 15.8 Å². The highest BCUT2D eigenvalue weighted by Gasteiger charge is 2.39. The zero-order chi connectivity index (χ0) is 29.3. The number of halogens is 1. The van der Waals surface area contributed by atoms with Gasteiger partial charge in [0.05, 0.1) is 29.9 Å². The summed E-state index contributed by atoms with van der Waals surface area (Å²) in [6, 6.07) is 20.1. The molecule has 0 spiro atoms. The van der Waals surface area contributed by atoms with Crippen LogP contribution in [0.3, 0.4) is 0 Å². The predicted molar refractivity (Wildman–Crippen MR) is 164 cm³/mol. The summed E-state index contributed by atoms with van der Waals surface area (Å²) in [5, 5.41) is 4.93. The standard InChI is InChI=1S/C31H32ClN5O4S/c1-31(11-12-31)22-41-29-28(20-34-37(30(29)38)26-9-5-8-25(32)19-26)35-14-16-36(17-15-35)42(39,40)21-23-6-4-7-24(18-23)27-10-2-3-13-33-27/h2-10,13,18-20H,11-12,14-17,21-22H2,1H3. The van der Waals surface area contributed by atoms with Gasteiger partial charge in [-0.15, -0.1) is 0 Å². The molecule has 4 aromatic rings. The quantitative estimate of drug-likeness (QED) is 0.271. The van der Waals surface area contributed by atoms with E-state index in [0.717, 1.165) is 24.1 Å². The molecule has 2 aromatic heterocycles. The molecule has 0 bridgehead atoms. The molecule has 9 nitrogen and oxygen atoms in total. The second-order valence-electron chi connectivity index (χ2n) is 11.2. The van der Waals surface area contributed by atoms with Gasteiger partial charge in [-0.1, -0.05) is 48.9 Å². The topological polar surface area (TPSA) is 97.6 Å². The third-order valence-corrected chi connectivity index (χ3v) is 9.93. The van der Waals surface area contributed by atoms with Crippen molar-refractivity contribution in [2.45, 2.75) is 25.5 Å². The van der Waals surface area contributed by atoms with Gasteiger partial charge < -0.3 is 9.64 Å². The van der Waals surface area contributed by atoms with Crippen molar-refractivity contribution in [3.05, 3.63) is 100 Å². The van der Waals surface area contributed by atoms with E-state index in [0.29, 0.717) is 41.7 Å². The van der Waals surface area contributed by atoms with Crippen molar-refractivity contribution in [2.75, 3.05) is 37.7 Å². The van der Waals surface area contributed by atoms with Crippen molar-refractivity contribution >= 4 is 27.3 Å². The molecule has 1 aliphatic carbocycles. The Morgan fingerprint density at radius 3 is 2.48 bits per heavy atom. The predicted octanol–water partition coefficient (Wildman–Crippen LogP) is 4.78. The lowest BCUT2D eigenvalue weighted by Crippen LogP contribution is -2.49. The van der Waals surface area contributed by atoms with Crippen molar-refractivity contribution in [3.8, 4) is 22.7 Å². The zero-order valence-corrected chi connectivity index (χ0v) is 24.9. The number of anilines is 1. The first kappa shape index (κ1) is 28.4. The number of ether oxygens (including phenoxy) is 1. The van der Waals surface area contributed by atoms with Crippen molar-refractivity contribution < 1.29 is 13.2 Å². The van der Waals surface area contributed by atoms with Crippen LogP contribution in [0.5, 0.6) is 5.75 Å². The van der Waals surface area contributed by atoms with Crippen LogP contribution in [0.25, 0.3) is 16.9 Å². The van der Waals surface area contributed by atoms with Gasteiger partial charge in [-0.25, -0.2) is 8.42 Å². The Hall–Kier alpha value is -3.73. The van der Waals surface area contributed by atoms with Gasteiger partial charge in [0.15, 0.2) is 0 Å². The monoisotopic (exact) mass is 605 g/mol. The Balaban J connectivity index is 1.19. The fourth-order valence-corrected chi connectivity index (χ4v) is 6.74. The van der Waals surface area contributed by atoms with E-state index in [1.54, 1.807) is 36.7 Å². The summed E-state index contributed by atoms with van der Waals surface area (Å²) in [5.74, 6) is 0.124. The van der Waals surface area contributed by atoms with Gasteiger partial charge >= 0.3 is 5.56 Å². The van der Waals surface area contributed by atoms with Crippen LogP contribution in [0.2, 0.25) is 5.02 Å². The molecular weight excluding hydrogens is 574 g/mol. The van der Waals surface area contributed by atoms with Crippen molar-refractivity contribution in [1.82, 2.24) is 19.1 Å². The maximum atomic E-state index is 13.6. The summed E-state index contributed by atoms with van der Waals surface area (Å²) < 4.78 is 35.8. The minimum Gasteiger partial charge on any atom is -0.486 e. The van der Waals surface area contributed by atoms with E-state index in [1.807, 2.05) is 47.4 Å². The normalized spacial score (nSPS) is 16.8. The van der Waals surface area contributed by atoms with Gasteiger partial charge in [0.2, 0.25) is 15.8 Å². The lowest BCUT2D eigenvalue weighted by atomic mass is 10.1. The van der Waals surface area contributed by atoms with E-state index in [1.165, 1.54) is 8.99 Å². The first-order valence-electron chi connectivity index (χ1n) is 14.0. The average Bonchev–Trinajstić information content (AvgIpc) is 3.74. The number of sulfonamides is 1. The van der Waals surface area contributed by atoms with Crippen LogP contribution in [0, 0.1) is 5.41 Å². The number of aromatic nitrogens is 3. The third-order valence-electron chi connectivity index (χ3n) is 7.85. The number of benzene rings is 2. The summed E-state index contributed by atoms with van der Waals surface area (Å²) in [5.41, 5.74) is 3.19. The van der Waals surface area contributed by atoms with Crippen molar-refractivity contribution in [3.63, 3.8) is 0 Å². The van der Waals surface area contributed by atoms with E-state index in [-0.39, 0.29) is 35.6 Å². The Morgan fingerprint density at radius 1 is 0.976 bits per heavy atom. The first-order chi connectivity index (χ1) is 20.2. The maximum Gasteiger partial charge on any atom is 0.316 e. The molecule has 218 valence electrons. The molecule has 42 heavy (non-hydrogen) atoms. The lowest BCUT2D eigenvalue weighted by molar-refractivity contribution is 0.242. The highest BCUT2D eigenvalue weighted by molar-refractivity contribution is 7.88. The molecule has 1 aliphatic heterocycles. The Morgan fingerprint density at radius 2 is 1.76 bits per heavy atom. The third kappa shape index (κ3) is 6.21. The zero-order valence-electron chi connectivity index (χ0n) is 23.3. The van der Waals surface area contributed by atoms with Gasteiger partial charge in [0, 0.05) is 48.4 Å². The van der Waals surface area contributed by atoms with E-state index in [4.69, 9.17) is 16.3 Å². The van der Waals surface area contributed by atoms with Crippen LogP contribution in [0.15, 0.2) is 83.9 Å². The van der Waals surface area contributed by atoms with Gasteiger partial charge in [-0.3, -0.25) is 9.78 Å². The Labute approximate surface area is 250 Å². The number of pyridine rings is 1. The molecule has 1 saturated carbocycles. The summed E-state index contributed by atoms with van der Waals surface area (Å²) in [6.07, 6.45) is 5.45. The minimum absolute atomic E-state index is 0.0640. The number of hydrogen-bond donors (Lipinski definition) is 0. The minimum atomic E-state index is -3.57. The molecule has 0 amide bonds. The van der Waals surface area contributed by atoms with Gasteiger partial charge in [-0.05, 0) is 54.8 Å². The van der Waals surface area contributed by atoms with Gasteiger partial charge in [0.1, 0.15) is 5.69 Å². The van der Waals surface area contributed by atoms with Crippen LogP contribution in [-0.4, -0.2) is 60.3 Å². The van der Waals surface area contributed by atoms with Gasteiger partial charge in [-0.2, -0.15) is 14.1 Å². The molecule has 0 atom stereocenters. The second-order valence-corrected chi connectivity index (χ2v) is 13.6. The smallest absolute Gasteiger partial charge is 0.316 e. The van der Waals surface area contributed by atoms with Crippen LogP contribution in [0.1, 0.15) is 25.3 Å². The molecule has 2 fully saturated rings. The number of piperazine rings is 1. The van der Waals surface area contributed by atoms with E-state index >= 15 is 0 Å². The van der Waals surface area contributed by atoms with E-state index in [2.05, 4.69) is 17.0 Å². The van der Waals surface area contributed by atoms with Gasteiger partial charge in [0.25, 0.3) is 0 Å². The highest BCUT2D eigenvalue weighted by Crippen LogP contribution is 2.45. The van der Waals surface area contributed by atoms with E-state index < -0.39 is 10.0 Å². The second kappa shape index (κ2) is 11.5. The lowest BCUT2D eigenvalue weighted by Gasteiger charge is -2.35. The summed E-state index contributed by atoms with van der Waals surface area (Å²) >= 11 is 6.17. The molecule has 0 radical (unpaired) electrons. The van der Waals surface area contributed by atoms with Crippen LogP contribution >= 0.6 is 11.6 Å². The van der Waals surface area contributed by atoms with Crippen LogP contribution in [0.4, 0.5) is 5.69 Å². The summed E-state index contributed by atoms with van der Waals surface area (Å²) in [4.78, 5) is 20.0. The largest absolute Gasteiger partial charge is 0.486 e. The highest BCUT2D eigenvalue weighted by atomic mass is 35.5. The number of rotatable bonds is 9. The fraction of sp³-hybridized carbons (Fsp3) is 0.323. The first-order valence-corrected chi connectivity index (χ1v) is 15.9. The molecule has 0 unspecified atom stereocenters. The molecule has 3 heterocycles. The maximum absolute atomic E-state index is 13.6. The number of hydrogen-bond acceptors (Lipinski definition) is 7. The molecule has 0 N–H and O–H groups in total. The van der Waals surface area contributed by atoms with Crippen molar-refractivity contribution in [2.24, 2.45) is 5.41 Å². The SMILES string of the molecule is CC1(COc2c(N3CCN(S(=O)(=O)Cc4cccc(-c5ccccn5)c4)CC3)cnn(-c3cccc(Cl)c3)c2=O)CC1. The fourth-order valence-electron chi connectivity index (χ4n) is 5.05. The Kier molecular flexibility index (Phi) is 7.78. The molecule has 11 heteroatoms.